The first-order valence-corrected chi connectivity index (χ1v) is 24.5. The highest BCUT2D eigenvalue weighted by Crippen LogP contribution is 2.13. The fourth-order valence-corrected chi connectivity index (χ4v) is 5.91. The Morgan fingerprint density at radius 3 is 1.60 bits per heavy atom. The monoisotopic (exact) mass is 933 g/mol. The first kappa shape index (κ1) is 65.9. The van der Waals surface area contributed by atoms with Crippen LogP contribution in [0.1, 0.15) is 182 Å². The first-order chi connectivity index (χ1) is 31.2. The van der Waals surface area contributed by atoms with E-state index in [1.54, 1.807) is 6.92 Å². The van der Waals surface area contributed by atoms with E-state index >= 15 is 0 Å². The zero-order valence-electron chi connectivity index (χ0n) is 41.1. The van der Waals surface area contributed by atoms with Crippen molar-refractivity contribution in [2.75, 3.05) is 66.0 Å². The Morgan fingerprint density at radius 2 is 1.09 bits per heavy atom. The minimum atomic E-state index is -1.06. The Kier molecular flexibility index (Phi) is 50.8. The highest BCUT2D eigenvalue weighted by molar-refractivity contribution is 5.85. The Labute approximate surface area is 391 Å². The lowest BCUT2D eigenvalue weighted by atomic mass is 10.0. The predicted molar refractivity (Wildman–Crippen MR) is 253 cm³/mol. The van der Waals surface area contributed by atoms with Gasteiger partial charge in [0.2, 0.25) is 17.7 Å². The zero-order valence-corrected chi connectivity index (χ0v) is 41.1. The molecule has 0 aromatic heterocycles. The van der Waals surface area contributed by atoms with Crippen LogP contribution in [0.4, 0.5) is 0 Å². The number of nitrogens with one attached hydrogen (secondary N) is 2. The summed E-state index contributed by atoms with van der Waals surface area (Å²) in [7, 11) is 0. The quantitative estimate of drug-likeness (QED) is 0.0388. The number of aliphatic hydroxyl groups excluding tert-OH is 1. The lowest BCUT2D eigenvalue weighted by Gasteiger charge is -2.14. The normalized spacial score (nSPS) is 12.1. The van der Waals surface area contributed by atoms with E-state index in [4.69, 9.17) is 35.5 Å². The molecule has 0 saturated carbocycles. The second-order valence-electron chi connectivity index (χ2n) is 16.4. The molecule has 3 atom stereocenters. The van der Waals surface area contributed by atoms with Gasteiger partial charge in [0, 0.05) is 38.8 Å². The Balaban J connectivity index is -0.00000103. The average Bonchev–Trinajstić information content (AvgIpc) is 3.27. The van der Waals surface area contributed by atoms with E-state index in [2.05, 4.69) is 17.6 Å². The maximum absolute atomic E-state index is 12.0. The van der Waals surface area contributed by atoms with Gasteiger partial charge in [-0.2, -0.15) is 0 Å². The summed E-state index contributed by atoms with van der Waals surface area (Å²) in [4.78, 5) is 79.0. The van der Waals surface area contributed by atoms with E-state index in [-0.39, 0.29) is 67.9 Å². The molecule has 0 bridgehead atoms. The summed E-state index contributed by atoms with van der Waals surface area (Å²) < 4.78 is 20.8. The van der Waals surface area contributed by atoms with Gasteiger partial charge in [-0.1, -0.05) is 111 Å². The van der Waals surface area contributed by atoms with Gasteiger partial charge in [0.15, 0.2) is 5.78 Å². The molecule has 0 radical (unpaired) electrons. The maximum atomic E-state index is 12.0. The number of aliphatic hydroxyl groups is 1. The van der Waals surface area contributed by atoms with Crippen molar-refractivity contribution in [1.29, 1.82) is 0 Å². The number of carbonyl (C=O) groups is 7. The van der Waals surface area contributed by atoms with Crippen molar-refractivity contribution in [3.8, 4) is 0 Å². The molecule has 0 rings (SSSR count). The van der Waals surface area contributed by atoms with Crippen LogP contribution in [0.2, 0.25) is 0 Å². The third-order valence-electron chi connectivity index (χ3n) is 10.1. The molecular formula is C48H92N4O13. The number of aliphatic carboxylic acids is 1. The van der Waals surface area contributed by atoms with Crippen LogP contribution in [0.15, 0.2) is 0 Å². The second kappa shape index (κ2) is 50.1. The van der Waals surface area contributed by atoms with Crippen LogP contribution in [0.5, 0.6) is 0 Å². The Morgan fingerprint density at radius 1 is 0.569 bits per heavy atom. The molecular weight excluding hydrogens is 841 g/mol. The molecule has 0 saturated heterocycles. The summed E-state index contributed by atoms with van der Waals surface area (Å²) in [6.45, 7) is 12.0. The van der Waals surface area contributed by atoms with Gasteiger partial charge in [-0.3, -0.25) is 28.8 Å². The number of amides is 3. The van der Waals surface area contributed by atoms with Crippen molar-refractivity contribution in [2.45, 2.75) is 194 Å². The highest BCUT2D eigenvalue weighted by atomic mass is 16.5. The molecule has 65 heavy (non-hydrogen) atoms. The zero-order chi connectivity index (χ0) is 49.4. The number of rotatable bonds is 44. The smallest absolute Gasteiger partial charge is 0.326 e. The van der Waals surface area contributed by atoms with Crippen molar-refractivity contribution in [3.05, 3.63) is 0 Å². The van der Waals surface area contributed by atoms with Gasteiger partial charge in [0.25, 0.3) is 0 Å². The van der Waals surface area contributed by atoms with Crippen molar-refractivity contribution in [2.24, 2.45) is 17.4 Å². The number of nitrogens with two attached hydrogens (primary N) is 2. The van der Waals surface area contributed by atoms with Gasteiger partial charge in [0.1, 0.15) is 30.8 Å². The van der Waals surface area contributed by atoms with Crippen molar-refractivity contribution in [3.63, 3.8) is 0 Å². The van der Waals surface area contributed by atoms with Crippen LogP contribution < -0.4 is 22.1 Å². The van der Waals surface area contributed by atoms with Gasteiger partial charge in [-0.25, -0.2) is 4.79 Å². The van der Waals surface area contributed by atoms with Crippen LogP contribution in [0, 0.1) is 5.92 Å². The SMILES string of the molecule is CCCCCCCCCCCCCCCC(=O)NC(CCC(=O)CCC)C(=O)O.CCOCCOCC(=O)NCCOCCOCC(=O)CCCCC[C@H](N)C(C)=O.C[C@@H](CO)C(N)=O. The number of ether oxygens (including phenoxy) is 4. The predicted octanol–water partition coefficient (Wildman–Crippen LogP) is 5.91. The molecule has 0 aliphatic rings. The van der Waals surface area contributed by atoms with E-state index < -0.39 is 23.8 Å². The third kappa shape index (κ3) is 51.5. The van der Waals surface area contributed by atoms with Crippen LogP contribution in [0.25, 0.3) is 0 Å². The largest absolute Gasteiger partial charge is 0.480 e. The first-order valence-electron chi connectivity index (χ1n) is 24.5. The summed E-state index contributed by atoms with van der Waals surface area (Å²) in [5, 5.41) is 22.7. The molecule has 0 spiro atoms. The van der Waals surface area contributed by atoms with Gasteiger partial charge in [0.05, 0.1) is 51.6 Å². The molecule has 17 nitrogen and oxygen atoms in total. The summed E-state index contributed by atoms with van der Waals surface area (Å²) in [5.74, 6) is -2.22. The van der Waals surface area contributed by atoms with Crippen molar-refractivity contribution in [1.82, 2.24) is 10.6 Å². The number of carboxylic acids is 1. The number of primary amides is 1. The summed E-state index contributed by atoms with van der Waals surface area (Å²) in [5.41, 5.74) is 10.4. The molecule has 0 aliphatic heterocycles. The number of unbranched alkanes of at least 4 members (excludes halogenated alkanes) is 14. The molecule has 3 amide bonds. The van der Waals surface area contributed by atoms with E-state index in [1.165, 1.54) is 71.1 Å². The van der Waals surface area contributed by atoms with Gasteiger partial charge < -0.3 is 51.3 Å². The maximum Gasteiger partial charge on any atom is 0.326 e. The van der Waals surface area contributed by atoms with E-state index in [0.29, 0.717) is 71.9 Å². The molecule has 8 N–H and O–H groups in total. The van der Waals surface area contributed by atoms with Crippen LogP contribution in [0.3, 0.4) is 0 Å². The second-order valence-corrected chi connectivity index (χ2v) is 16.4. The van der Waals surface area contributed by atoms with Gasteiger partial charge in [-0.05, 0) is 46.0 Å². The van der Waals surface area contributed by atoms with Crippen LogP contribution >= 0.6 is 0 Å². The Bertz CT molecular complexity index is 1210. The molecule has 382 valence electrons. The molecule has 17 heteroatoms. The molecule has 0 fully saturated rings. The lowest BCUT2D eigenvalue weighted by Crippen LogP contribution is -2.41. The summed E-state index contributed by atoms with van der Waals surface area (Å²) in [6.07, 6.45) is 21.9. The summed E-state index contributed by atoms with van der Waals surface area (Å²) >= 11 is 0. The number of carboxylic acid groups (broad SMARTS) is 1. The fraction of sp³-hybridized carbons (Fsp3) is 0.854. The van der Waals surface area contributed by atoms with E-state index in [9.17, 15) is 38.7 Å². The molecule has 1 unspecified atom stereocenters. The summed E-state index contributed by atoms with van der Waals surface area (Å²) in [6, 6.07) is -1.34. The van der Waals surface area contributed by atoms with Crippen LogP contribution in [-0.2, 0) is 52.5 Å². The minimum Gasteiger partial charge on any atom is -0.480 e. The van der Waals surface area contributed by atoms with Gasteiger partial charge >= 0.3 is 5.97 Å². The fourth-order valence-electron chi connectivity index (χ4n) is 5.91. The van der Waals surface area contributed by atoms with Crippen molar-refractivity contribution < 1.29 is 62.7 Å². The number of carbonyl (C=O) groups excluding carboxylic acids is 6. The number of hydrogen-bond acceptors (Lipinski definition) is 13. The van der Waals surface area contributed by atoms with E-state index in [0.717, 1.165) is 44.9 Å². The van der Waals surface area contributed by atoms with Gasteiger partial charge in [-0.15, -0.1) is 0 Å². The standard InChI is InChI=1S/C24H45NO4.C20H38N2O7.C4H9NO2/c1-3-5-6-7-8-9-10-11-12-13-14-15-16-18-23(27)25-22(24(28)29)20-19-21(26)17-4-2;1-3-26-11-13-29-16-20(25)22-9-10-27-12-14-28-15-18(24)7-5-4-6-8-19(21)17(2)23;1-3(2-6)4(5)7/h22H,3-20H2,1-2H3,(H,25,27)(H,28,29);19H,3-16,21H2,1-2H3,(H,22,25);3,6H,2H2,1H3,(H2,5,7)/t;19-;3-/m.00/s1. The van der Waals surface area contributed by atoms with E-state index in [1.807, 2.05) is 13.8 Å². The number of ketones is 3. The topological polar surface area (TPSA) is 273 Å². The Hall–Kier alpha value is -3.35. The minimum absolute atomic E-state index is 0.00133. The molecule has 0 aromatic carbocycles. The van der Waals surface area contributed by atoms with Crippen LogP contribution in [-0.4, -0.2) is 129 Å². The lowest BCUT2D eigenvalue weighted by molar-refractivity contribution is -0.142. The third-order valence-corrected chi connectivity index (χ3v) is 10.1. The molecule has 0 aliphatic carbocycles. The number of Topliss-reactive ketones (excluding diaryl/α,β-unsaturated/α-hetero) is 3. The van der Waals surface area contributed by atoms with Crippen molar-refractivity contribution >= 4 is 41.0 Å². The number of hydrogen-bond donors (Lipinski definition) is 6. The highest BCUT2D eigenvalue weighted by Gasteiger charge is 2.20. The molecule has 0 heterocycles. The average molecular weight is 933 g/mol. The molecule has 0 aromatic rings.